The number of hydrogen-bond donors (Lipinski definition) is 2. The van der Waals surface area contributed by atoms with E-state index >= 15 is 0 Å². The van der Waals surface area contributed by atoms with E-state index in [4.69, 9.17) is 15.6 Å². The Balaban J connectivity index is 2.49. The van der Waals surface area contributed by atoms with Crippen LogP contribution in [0.2, 0.25) is 0 Å². The van der Waals surface area contributed by atoms with E-state index in [0.29, 0.717) is 25.5 Å². The monoisotopic (exact) mass is 226 g/mol. The Morgan fingerprint density at radius 2 is 2.19 bits per heavy atom. The molecule has 0 atom stereocenters. The second-order valence-electron chi connectivity index (χ2n) is 3.43. The zero-order valence-corrected chi connectivity index (χ0v) is 9.46. The largest absolute Gasteiger partial charge is 0.395 e. The van der Waals surface area contributed by atoms with Crippen molar-refractivity contribution in [3.63, 3.8) is 0 Å². The van der Waals surface area contributed by atoms with Gasteiger partial charge in [-0.3, -0.25) is 9.88 Å². The average Bonchev–Trinajstić information content (AvgIpc) is 2.29. The number of rotatable bonds is 7. The molecule has 0 amide bonds. The molecule has 3 N–H and O–H groups in total. The molecule has 1 aromatic heterocycles. The third kappa shape index (κ3) is 4.52. The summed E-state index contributed by atoms with van der Waals surface area (Å²) in [6, 6.07) is 0. The Hall–Kier alpha value is -1.24. The van der Waals surface area contributed by atoms with Crippen molar-refractivity contribution in [1.82, 2.24) is 14.9 Å². The third-order valence-electron chi connectivity index (χ3n) is 2.14. The van der Waals surface area contributed by atoms with Gasteiger partial charge in [-0.2, -0.15) is 0 Å². The summed E-state index contributed by atoms with van der Waals surface area (Å²) < 4.78 is 5.00. The number of anilines is 1. The molecule has 0 aromatic carbocycles. The number of nitrogen functional groups attached to an aromatic ring is 1. The van der Waals surface area contributed by atoms with Gasteiger partial charge in [-0.1, -0.05) is 0 Å². The second kappa shape index (κ2) is 7.10. The van der Waals surface area contributed by atoms with Crippen LogP contribution in [-0.2, 0) is 11.3 Å². The molecule has 0 aliphatic carbocycles. The molecule has 0 aliphatic heterocycles. The fourth-order valence-corrected chi connectivity index (χ4v) is 1.31. The van der Waals surface area contributed by atoms with E-state index in [2.05, 4.69) is 9.97 Å². The zero-order valence-electron chi connectivity index (χ0n) is 9.46. The molecular weight excluding hydrogens is 208 g/mol. The lowest BCUT2D eigenvalue weighted by Crippen LogP contribution is -2.30. The smallest absolute Gasteiger partial charge is 0.141 e. The number of aromatic nitrogens is 2. The van der Waals surface area contributed by atoms with Crippen LogP contribution in [0.1, 0.15) is 5.69 Å². The molecule has 1 rings (SSSR count). The van der Waals surface area contributed by atoms with Gasteiger partial charge in [0.15, 0.2) is 0 Å². The molecule has 6 heteroatoms. The molecule has 16 heavy (non-hydrogen) atoms. The molecular formula is C10H18N4O2. The molecule has 0 bridgehead atoms. The first-order valence-corrected chi connectivity index (χ1v) is 5.15. The number of methoxy groups -OCH3 is 1. The molecule has 0 saturated heterocycles. The van der Waals surface area contributed by atoms with Gasteiger partial charge in [-0.15, -0.1) is 0 Å². The Morgan fingerprint density at radius 1 is 1.38 bits per heavy atom. The van der Waals surface area contributed by atoms with Crippen LogP contribution < -0.4 is 5.73 Å². The van der Waals surface area contributed by atoms with E-state index < -0.39 is 0 Å². The van der Waals surface area contributed by atoms with Gasteiger partial charge in [0.2, 0.25) is 0 Å². The Kier molecular flexibility index (Phi) is 5.69. The highest BCUT2D eigenvalue weighted by molar-refractivity contribution is 5.22. The summed E-state index contributed by atoms with van der Waals surface area (Å²) in [5.74, 6) is 0.411. The maximum atomic E-state index is 8.92. The van der Waals surface area contributed by atoms with Crippen LogP contribution in [0, 0.1) is 0 Å². The standard InChI is InChI=1S/C10H18N4O2/c1-16-5-3-14(2-4-15)8-9-6-13-10(11)7-12-9/h6-7,15H,2-5,8H2,1H3,(H2,11,13). The van der Waals surface area contributed by atoms with Crippen molar-refractivity contribution in [2.45, 2.75) is 6.54 Å². The van der Waals surface area contributed by atoms with Gasteiger partial charge < -0.3 is 15.6 Å². The summed E-state index contributed by atoms with van der Waals surface area (Å²) >= 11 is 0. The molecule has 90 valence electrons. The molecule has 0 saturated carbocycles. The minimum atomic E-state index is 0.117. The third-order valence-corrected chi connectivity index (χ3v) is 2.14. The van der Waals surface area contributed by atoms with Gasteiger partial charge in [0, 0.05) is 26.7 Å². The number of hydrogen-bond acceptors (Lipinski definition) is 6. The van der Waals surface area contributed by atoms with Crippen molar-refractivity contribution in [1.29, 1.82) is 0 Å². The van der Waals surface area contributed by atoms with Crippen molar-refractivity contribution in [3.8, 4) is 0 Å². The van der Waals surface area contributed by atoms with Crippen LogP contribution in [0.3, 0.4) is 0 Å². The van der Waals surface area contributed by atoms with Gasteiger partial charge in [-0.05, 0) is 0 Å². The van der Waals surface area contributed by atoms with Crippen LogP contribution in [0.15, 0.2) is 12.4 Å². The summed E-state index contributed by atoms with van der Waals surface area (Å²) in [6.07, 6.45) is 3.18. The topological polar surface area (TPSA) is 84.5 Å². The molecule has 0 aliphatic rings. The predicted molar refractivity (Wildman–Crippen MR) is 60.7 cm³/mol. The molecule has 6 nitrogen and oxygen atoms in total. The van der Waals surface area contributed by atoms with Crippen LogP contribution in [0.25, 0.3) is 0 Å². The van der Waals surface area contributed by atoms with E-state index in [0.717, 1.165) is 12.2 Å². The van der Waals surface area contributed by atoms with Gasteiger partial charge in [0.1, 0.15) is 5.82 Å². The van der Waals surface area contributed by atoms with Crippen LogP contribution in [0.4, 0.5) is 5.82 Å². The number of ether oxygens (including phenoxy) is 1. The quantitative estimate of drug-likeness (QED) is 0.652. The minimum Gasteiger partial charge on any atom is -0.395 e. The normalized spacial score (nSPS) is 10.9. The van der Waals surface area contributed by atoms with Crippen molar-refractivity contribution >= 4 is 5.82 Å². The lowest BCUT2D eigenvalue weighted by molar-refractivity contribution is 0.126. The summed E-state index contributed by atoms with van der Waals surface area (Å²) in [5, 5.41) is 8.92. The van der Waals surface area contributed by atoms with Gasteiger partial charge in [0.25, 0.3) is 0 Å². The SMILES string of the molecule is COCCN(CCO)Cc1cnc(N)cn1. The maximum Gasteiger partial charge on any atom is 0.141 e. The van der Waals surface area contributed by atoms with Crippen molar-refractivity contribution in [2.24, 2.45) is 0 Å². The first-order valence-electron chi connectivity index (χ1n) is 5.15. The minimum absolute atomic E-state index is 0.117. The summed E-state index contributed by atoms with van der Waals surface area (Å²) in [4.78, 5) is 10.2. The Morgan fingerprint density at radius 3 is 2.75 bits per heavy atom. The Bertz CT molecular complexity index is 291. The summed E-state index contributed by atoms with van der Waals surface area (Å²) in [5.41, 5.74) is 6.28. The average molecular weight is 226 g/mol. The number of aliphatic hydroxyl groups excluding tert-OH is 1. The molecule has 0 fully saturated rings. The van der Waals surface area contributed by atoms with Crippen LogP contribution >= 0.6 is 0 Å². The highest BCUT2D eigenvalue weighted by Gasteiger charge is 2.06. The lowest BCUT2D eigenvalue weighted by atomic mass is 10.3. The van der Waals surface area contributed by atoms with E-state index in [1.807, 2.05) is 4.90 Å². The van der Waals surface area contributed by atoms with Gasteiger partial charge >= 0.3 is 0 Å². The number of nitrogens with zero attached hydrogens (tertiary/aromatic N) is 3. The molecule has 0 radical (unpaired) electrons. The lowest BCUT2D eigenvalue weighted by Gasteiger charge is -2.20. The van der Waals surface area contributed by atoms with Crippen LogP contribution in [0.5, 0.6) is 0 Å². The fraction of sp³-hybridized carbons (Fsp3) is 0.600. The first kappa shape index (κ1) is 12.8. The molecule has 0 spiro atoms. The first-order chi connectivity index (χ1) is 7.76. The predicted octanol–water partition coefficient (Wildman–Crippen LogP) is -0.500. The Labute approximate surface area is 95.1 Å². The van der Waals surface area contributed by atoms with Crippen molar-refractivity contribution in [3.05, 3.63) is 18.1 Å². The van der Waals surface area contributed by atoms with Gasteiger partial charge in [-0.25, -0.2) is 4.98 Å². The highest BCUT2D eigenvalue weighted by Crippen LogP contribution is 2.01. The zero-order chi connectivity index (χ0) is 11.8. The summed E-state index contributed by atoms with van der Waals surface area (Å²) in [7, 11) is 1.65. The number of aliphatic hydroxyl groups is 1. The van der Waals surface area contributed by atoms with E-state index in [1.165, 1.54) is 6.20 Å². The maximum absolute atomic E-state index is 8.92. The summed E-state index contributed by atoms with van der Waals surface area (Å²) in [6.45, 7) is 2.73. The van der Waals surface area contributed by atoms with Crippen LogP contribution in [-0.4, -0.2) is 53.4 Å². The van der Waals surface area contributed by atoms with E-state index in [9.17, 15) is 0 Å². The molecule has 1 aromatic rings. The van der Waals surface area contributed by atoms with E-state index in [1.54, 1.807) is 13.3 Å². The molecule has 1 heterocycles. The molecule has 0 unspecified atom stereocenters. The second-order valence-corrected chi connectivity index (χ2v) is 3.43. The van der Waals surface area contributed by atoms with Crippen molar-refractivity contribution in [2.75, 3.05) is 39.1 Å². The van der Waals surface area contributed by atoms with Crippen molar-refractivity contribution < 1.29 is 9.84 Å². The van der Waals surface area contributed by atoms with Gasteiger partial charge in [0.05, 0.1) is 31.3 Å². The van der Waals surface area contributed by atoms with E-state index in [-0.39, 0.29) is 6.61 Å². The highest BCUT2D eigenvalue weighted by atomic mass is 16.5. The fourth-order valence-electron chi connectivity index (χ4n) is 1.31. The number of nitrogens with two attached hydrogens (primary N) is 1.